The summed E-state index contributed by atoms with van der Waals surface area (Å²) in [6.07, 6.45) is 2.74. The quantitative estimate of drug-likeness (QED) is 0.910. The van der Waals surface area contributed by atoms with Crippen LogP contribution >= 0.6 is 12.4 Å². The molecule has 1 aliphatic rings. The zero-order chi connectivity index (χ0) is 12.1. The van der Waals surface area contributed by atoms with Crippen molar-refractivity contribution in [1.82, 2.24) is 4.90 Å². The first kappa shape index (κ1) is 15.0. The minimum Gasteiger partial charge on any atom is -0.370 e. The molecule has 0 aliphatic carbocycles. The number of piperidine rings is 1. The maximum atomic E-state index is 10.8. The first-order chi connectivity index (χ1) is 8.24. The maximum absolute atomic E-state index is 10.8. The van der Waals surface area contributed by atoms with E-state index in [4.69, 9.17) is 5.73 Å². The van der Waals surface area contributed by atoms with Gasteiger partial charge >= 0.3 is 0 Å². The first-order valence-electron chi connectivity index (χ1n) is 6.28. The summed E-state index contributed by atoms with van der Waals surface area (Å²) >= 11 is 0. The SMILES string of the molecule is Cl.NC(=O)CC1CCN(Cc2ccccc2)CC1. The monoisotopic (exact) mass is 268 g/mol. The molecule has 0 unspecified atom stereocenters. The number of nitrogens with zero attached hydrogens (tertiary/aromatic N) is 1. The second kappa shape index (κ2) is 7.39. The van der Waals surface area contributed by atoms with Crippen LogP contribution in [0.3, 0.4) is 0 Å². The van der Waals surface area contributed by atoms with Crippen LogP contribution in [-0.4, -0.2) is 23.9 Å². The van der Waals surface area contributed by atoms with Crippen molar-refractivity contribution < 1.29 is 4.79 Å². The summed E-state index contributed by atoms with van der Waals surface area (Å²) in [5, 5.41) is 0. The van der Waals surface area contributed by atoms with E-state index in [1.54, 1.807) is 0 Å². The Morgan fingerprint density at radius 3 is 2.39 bits per heavy atom. The van der Waals surface area contributed by atoms with Crippen LogP contribution in [0.4, 0.5) is 0 Å². The summed E-state index contributed by atoms with van der Waals surface area (Å²) in [5.41, 5.74) is 6.59. The predicted octanol–water partition coefficient (Wildman–Crippen LogP) is 2.20. The molecule has 0 aromatic heterocycles. The number of amides is 1. The van der Waals surface area contributed by atoms with Crippen molar-refractivity contribution in [3.05, 3.63) is 35.9 Å². The van der Waals surface area contributed by atoms with E-state index in [1.165, 1.54) is 5.56 Å². The number of carbonyl (C=O) groups excluding carboxylic acids is 1. The Morgan fingerprint density at radius 2 is 1.83 bits per heavy atom. The summed E-state index contributed by atoms with van der Waals surface area (Å²) in [4.78, 5) is 13.3. The van der Waals surface area contributed by atoms with Gasteiger partial charge in [-0.05, 0) is 37.4 Å². The standard InChI is InChI=1S/C14H20N2O.ClH/c15-14(17)10-12-6-8-16(9-7-12)11-13-4-2-1-3-5-13;/h1-5,12H,6-11H2,(H2,15,17);1H. The van der Waals surface area contributed by atoms with Gasteiger partial charge < -0.3 is 5.73 Å². The number of likely N-dealkylation sites (tertiary alicyclic amines) is 1. The molecule has 0 spiro atoms. The van der Waals surface area contributed by atoms with Crippen LogP contribution in [0.5, 0.6) is 0 Å². The Morgan fingerprint density at radius 1 is 1.22 bits per heavy atom. The summed E-state index contributed by atoms with van der Waals surface area (Å²) in [6, 6.07) is 10.5. The summed E-state index contributed by atoms with van der Waals surface area (Å²) in [6.45, 7) is 3.17. The van der Waals surface area contributed by atoms with E-state index in [2.05, 4.69) is 29.2 Å². The van der Waals surface area contributed by atoms with Gasteiger partial charge in [0, 0.05) is 13.0 Å². The van der Waals surface area contributed by atoms with Gasteiger partial charge in [-0.15, -0.1) is 12.4 Å². The highest BCUT2D eigenvalue weighted by atomic mass is 35.5. The predicted molar refractivity (Wildman–Crippen MR) is 75.5 cm³/mol. The van der Waals surface area contributed by atoms with Gasteiger partial charge in [-0.3, -0.25) is 9.69 Å². The molecule has 1 amide bonds. The highest BCUT2D eigenvalue weighted by Gasteiger charge is 2.20. The van der Waals surface area contributed by atoms with E-state index in [-0.39, 0.29) is 18.3 Å². The van der Waals surface area contributed by atoms with E-state index in [0.717, 1.165) is 32.5 Å². The van der Waals surface area contributed by atoms with Crippen molar-refractivity contribution in [2.24, 2.45) is 11.7 Å². The fourth-order valence-electron chi connectivity index (χ4n) is 2.47. The average molecular weight is 269 g/mol. The van der Waals surface area contributed by atoms with E-state index < -0.39 is 0 Å². The smallest absolute Gasteiger partial charge is 0.217 e. The Bertz CT molecular complexity index is 361. The Labute approximate surface area is 115 Å². The minimum atomic E-state index is -0.161. The molecule has 1 heterocycles. The molecule has 3 nitrogen and oxygen atoms in total. The number of benzene rings is 1. The van der Waals surface area contributed by atoms with Gasteiger partial charge in [0.1, 0.15) is 0 Å². The molecule has 0 atom stereocenters. The molecule has 1 aromatic carbocycles. The van der Waals surface area contributed by atoms with E-state index in [1.807, 2.05) is 6.07 Å². The summed E-state index contributed by atoms with van der Waals surface area (Å²) < 4.78 is 0. The number of nitrogens with two attached hydrogens (primary N) is 1. The van der Waals surface area contributed by atoms with Crippen LogP contribution in [0.2, 0.25) is 0 Å². The second-order valence-electron chi connectivity index (χ2n) is 4.88. The molecule has 0 bridgehead atoms. The Balaban J connectivity index is 0.00000162. The van der Waals surface area contributed by atoms with Crippen molar-refractivity contribution in [1.29, 1.82) is 0 Å². The second-order valence-corrected chi connectivity index (χ2v) is 4.88. The number of hydrogen-bond acceptors (Lipinski definition) is 2. The van der Waals surface area contributed by atoms with E-state index in [0.29, 0.717) is 12.3 Å². The van der Waals surface area contributed by atoms with Crippen LogP contribution in [0.25, 0.3) is 0 Å². The largest absolute Gasteiger partial charge is 0.370 e. The molecule has 1 fully saturated rings. The van der Waals surface area contributed by atoms with Crippen LogP contribution in [0, 0.1) is 5.92 Å². The highest BCUT2D eigenvalue weighted by molar-refractivity contribution is 5.85. The lowest BCUT2D eigenvalue weighted by Crippen LogP contribution is -2.34. The third-order valence-corrected chi connectivity index (χ3v) is 3.45. The van der Waals surface area contributed by atoms with Crippen LogP contribution < -0.4 is 5.73 Å². The van der Waals surface area contributed by atoms with Crippen molar-refractivity contribution in [3.63, 3.8) is 0 Å². The van der Waals surface area contributed by atoms with Crippen LogP contribution in [0.15, 0.2) is 30.3 Å². The molecular formula is C14H21ClN2O. The minimum absolute atomic E-state index is 0. The summed E-state index contributed by atoms with van der Waals surface area (Å²) in [7, 11) is 0. The van der Waals surface area contributed by atoms with Gasteiger partial charge in [0.2, 0.25) is 5.91 Å². The van der Waals surface area contributed by atoms with Crippen LogP contribution in [0.1, 0.15) is 24.8 Å². The molecule has 100 valence electrons. The Hall–Kier alpha value is -1.06. The normalized spacial score (nSPS) is 17.1. The van der Waals surface area contributed by atoms with Crippen molar-refractivity contribution >= 4 is 18.3 Å². The molecule has 4 heteroatoms. The Kier molecular flexibility index (Phi) is 6.16. The number of halogens is 1. The number of primary amides is 1. The van der Waals surface area contributed by atoms with Gasteiger partial charge in [-0.1, -0.05) is 30.3 Å². The number of hydrogen-bond donors (Lipinski definition) is 1. The molecule has 18 heavy (non-hydrogen) atoms. The maximum Gasteiger partial charge on any atom is 0.217 e. The fourth-order valence-corrected chi connectivity index (χ4v) is 2.47. The molecule has 1 aromatic rings. The number of carbonyl (C=O) groups is 1. The zero-order valence-corrected chi connectivity index (χ0v) is 11.4. The van der Waals surface area contributed by atoms with Gasteiger partial charge in [0.25, 0.3) is 0 Å². The zero-order valence-electron chi connectivity index (χ0n) is 10.5. The molecule has 2 N–H and O–H groups in total. The van der Waals surface area contributed by atoms with Crippen LogP contribution in [-0.2, 0) is 11.3 Å². The third-order valence-electron chi connectivity index (χ3n) is 3.45. The average Bonchev–Trinajstić information content (AvgIpc) is 2.32. The lowest BCUT2D eigenvalue weighted by atomic mass is 9.93. The molecular weight excluding hydrogens is 248 g/mol. The lowest BCUT2D eigenvalue weighted by molar-refractivity contribution is -0.119. The fraction of sp³-hybridized carbons (Fsp3) is 0.500. The van der Waals surface area contributed by atoms with Gasteiger partial charge in [0.05, 0.1) is 0 Å². The first-order valence-corrected chi connectivity index (χ1v) is 6.28. The lowest BCUT2D eigenvalue weighted by Gasteiger charge is -2.31. The topological polar surface area (TPSA) is 46.3 Å². The summed E-state index contributed by atoms with van der Waals surface area (Å²) in [5.74, 6) is 0.339. The highest BCUT2D eigenvalue weighted by Crippen LogP contribution is 2.21. The molecule has 1 aliphatic heterocycles. The van der Waals surface area contributed by atoms with Gasteiger partial charge in [-0.25, -0.2) is 0 Å². The van der Waals surface area contributed by atoms with Crippen molar-refractivity contribution in [2.75, 3.05) is 13.1 Å². The van der Waals surface area contributed by atoms with Gasteiger partial charge in [-0.2, -0.15) is 0 Å². The van der Waals surface area contributed by atoms with E-state index in [9.17, 15) is 4.79 Å². The molecule has 1 saturated heterocycles. The van der Waals surface area contributed by atoms with E-state index >= 15 is 0 Å². The van der Waals surface area contributed by atoms with Crippen molar-refractivity contribution in [3.8, 4) is 0 Å². The van der Waals surface area contributed by atoms with Gasteiger partial charge in [0.15, 0.2) is 0 Å². The number of rotatable bonds is 4. The third kappa shape index (κ3) is 4.67. The van der Waals surface area contributed by atoms with Crippen molar-refractivity contribution in [2.45, 2.75) is 25.8 Å². The molecule has 0 radical (unpaired) electrons. The molecule has 0 saturated carbocycles. The molecule has 2 rings (SSSR count).